The topological polar surface area (TPSA) is 98.0 Å². The number of alkyl halides is 3. The van der Waals surface area contributed by atoms with E-state index in [9.17, 15) is 21.6 Å². The second-order valence-corrected chi connectivity index (χ2v) is 6.24. The first-order chi connectivity index (χ1) is 9.18. The SMILES string of the molecule is Nc1ccc(S(=O)(=O)Nc2nnc(C(F)(F)F)s2)cc1. The molecule has 2 aromatic rings. The normalized spacial score (nSPS) is 12.3. The van der Waals surface area contributed by atoms with Crippen LogP contribution in [0.2, 0.25) is 0 Å². The summed E-state index contributed by atoms with van der Waals surface area (Å²) in [5.41, 5.74) is 5.77. The summed E-state index contributed by atoms with van der Waals surface area (Å²) in [7, 11) is -4.03. The molecule has 20 heavy (non-hydrogen) atoms. The van der Waals surface area contributed by atoms with Gasteiger partial charge in [-0.05, 0) is 24.3 Å². The van der Waals surface area contributed by atoms with Crippen LogP contribution in [0.1, 0.15) is 5.01 Å². The predicted molar refractivity (Wildman–Crippen MR) is 66.6 cm³/mol. The van der Waals surface area contributed by atoms with Crippen LogP contribution >= 0.6 is 11.3 Å². The number of nitrogens with zero attached hydrogens (tertiary/aromatic N) is 2. The van der Waals surface area contributed by atoms with Crippen molar-refractivity contribution in [3.8, 4) is 0 Å². The molecule has 0 aliphatic carbocycles. The van der Waals surface area contributed by atoms with E-state index in [0.29, 0.717) is 5.69 Å². The zero-order valence-corrected chi connectivity index (χ0v) is 11.2. The Kier molecular flexibility index (Phi) is 3.56. The molecule has 3 N–H and O–H groups in total. The predicted octanol–water partition coefficient (Wildman–Crippen LogP) is 1.94. The van der Waals surface area contributed by atoms with Gasteiger partial charge in [0.1, 0.15) is 0 Å². The van der Waals surface area contributed by atoms with E-state index in [2.05, 4.69) is 10.2 Å². The molecular weight excluding hydrogens is 317 g/mol. The van der Waals surface area contributed by atoms with Gasteiger partial charge in [0.25, 0.3) is 10.0 Å². The van der Waals surface area contributed by atoms with Crippen molar-refractivity contribution in [2.45, 2.75) is 11.1 Å². The van der Waals surface area contributed by atoms with Crippen molar-refractivity contribution in [2.75, 3.05) is 10.5 Å². The standard InChI is InChI=1S/C9H7F3N4O2S2/c10-9(11,12)7-14-15-8(19-7)16-20(17,18)6-3-1-5(13)2-4-6/h1-4H,13H2,(H,15,16). The summed E-state index contributed by atoms with van der Waals surface area (Å²) in [5, 5.41) is 4.33. The van der Waals surface area contributed by atoms with Crippen LogP contribution in [-0.4, -0.2) is 18.6 Å². The Labute approximate surface area is 115 Å². The van der Waals surface area contributed by atoms with E-state index in [1.165, 1.54) is 24.3 Å². The minimum Gasteiger partial charge on any atom is -0.399 e. The molecule has 0 aliphatic rings. The largest absolute Gasteiger partial charge is 0.445 e. The summed E-state index contributed by atoms with van der Waals surface area (Å²) >= 11 is 0.102. The number of sulfonamides is 1. The van der Waals surface area contributed by atoms with Crippen LogP contribution in [0.15, 0.2) is 29.2 Å². The van der Waals surface area contributed by atoms with Crippen LogP contribution in [0.25, 0.3) is 0 Å². The third-order valence-corrected chi connectivity index (χ3v) is 4.45. The zero-order chi connectivity index (χ0) is 15.0. The van der Waals surface area contributed by atoms with E-state index < -0.39 is 26.3 Å². The van der Waals surface area contributed by atoms with Gasteiger partial charge in [0.05, 0.1) is 4.90 Å². The summed E-state index contributed by atoms with van der Waals surface area (Å²) in [6.45, 7) is 0. The quantitative estimate of drug-likeness (QED) is 0.841. The fraction of sp³-hybridized carbons (Fsp3) is 0.111. The highest BCUT2D eigenvalue weighted by molar-refractivity contribution is 7.93. The van der Waals surface area contributed by atoms with Crippen LogP contribution in [-0.2, 0) is 16.2 Å². The van der Waals surface area contributed by atoms with Gasteiger partial charge in [0, 0.05) is 5.69 Å². The Morgan fingerprint density at radius 1 is 1.15 bits per heavy atom. The molecule has 11 heteroatoms. The Balaban J connectivity index is 2.25. The number of hydrogen-bond acceptors (Lipinski definition) is 6. The molecule has 0 fully saturated rings. The van der Waals surface area contributed by atoms with Gasteiger partial charge >= 0.3 is 6.18 Å². The number of nitrogen functional groups attached to an aromatic ring is 1. The van der Waals surface area contributed by atoms with E-state index in [0.717, 1.165) is 0 Å². The number of anilines is 2. The Morgan fingerprint density at radius 2 is 1.75 bits per heavy atom. The minimum atomic E-state index is -4.66. The molecule has 0 atom stereocenters. The van der Waals surface area contributed by atoms with Crippen LogP contribution in [0.4, 0.5) is 24.0 Å². The van der Waals surface area contributed by atoms with E-state index >= 15 is 0 Å². The summed E-state index contributed by atoms with van der Waals surface area (Å²) in [4.78, 5) is -0.143. The molecular formula is C9H7F3N4O2S2. The first kappa shape index (κ1) is 14.5. The molecule has 2 rings (SSSR count). The van der Waals surface area contributed by atoms with Gasteiger partial charge in [-0.2, -0.15) is 13.2 Å². The molecule has 1 aromatic carbocycles. The summed E-state index contributed by atoms with van der Waals surface area (Å²) in [6, 6.07) is 5.17. The van der Waals surface area contributed by atoms with Gasteiger partial charge in [-0.15, -0.1) is 10.2 Å². The zero-order valence-electron chi connectivity index (χ0n) is 9.55. The van der Waals surface area contributed by atoms with Gasteiger partial charge in [-0.3, -0.25) is 4.72 Å². The van der Waals surface area contributed by atoms with Gasteiger partial charge in [-0.1, -0.05) is 11.3 Å². The molecule has 6 nitrogen and oxygen atoms in total. The lowest BCUT2D eigenvalue weighted by atomic mass is 10.3. The summed E-state index contributed by atoms with van der Waals surface area (Å²) in [6.07, 6.45) is -4.66. The second kappa shape index (κ2) is 4.90. The lowest BCUT2D eigenvalue weighted by Gasteiger charge is -2.04. The van der Waals surface area contributed by atoms with Crippen LogP contribution in [0.3, 0.4) is 0 Å². The van der Waals surface area contributed by atoms with E-state index in [4.69, 9.17) is 5.73 Å². The van der Waals surface area contributed by atoms with Crippen molar-refractivity contribution in [3.63, 3.8) is 0 Å². The third-order valence-electron chi connectivity index (χ3n) is 2.08. The Morgan fingerprint density at radius 3 is 2.25 bits per heavy atom. The van der Waals surface area contributed by atoms with Crippen molar-refractivity contribution in [1.29, 1.82) is 0 Å². The van der Waals surface area contributed by atoms with Crippen molar-refractivity contribution >= 4 is 32.2 Å². The number of hydrogen-bond donors (Lipinski definition) is 2. The molecule has 0 spiro atoms. The molecule has 108 valence electrons. The third kappa shape index (κ3) is 3.17. The lowest BCUT2D eigenvalue weighted by molar-refractivity contribution is -0.138. The first-order valence-corrected chi connectivity index (χ1v) is 7.27. The summed E-state index contributed by atoms with van der Waals surface area (Å²) < 4.78 is 62.6. The second-order valence-electron chi connectivity index (χ2n) is 3.58. The van der Waals surface area contributed by atoms with E-state index in [1.807, 2.05) is 4.72 Å². The molecule has 0 amide bonds. The number of nitrogens with one attached hydrogen (secondary N) is 1. The van der Waals surface area contributed by atoms with Crippen LogP contribution in [0, 0.1) is 0 Å². The fourth-order valence-corrected chi connectivity index (χ4v) is 3.04. The average Bonchev–Trinajstić information content (AvgIpc) is 2.77. The molecule has 1 aromatic heterocycles. The van der Waals surface area contributed by atoms with Crippen LogP contribution in [0.5, 0.6) is 0 Å². The molecule has 0 unspecified atom stereocenters. The van der Waals surface area contributed by atoms with Gasteiger partial charge in [0.2, 0.25) is 10.1 Å². The molecule has 0 saturated carbocycles. The minimum absolute atomic E-state index is 0.102. The molecule has 1 heterocycles. The van der Waals surface area contributed by atoms with Gasteiger partial charge in [0.15, 0.2) is 0 Å². The highest BCUT2D eigenvalue weighted by atomic mass is 32.2. The molecule has 0 aliphatic heterocycles. The van der Waals surface area contributed by atoms with Crippen molar-refractivity contribution in [3.05, 3.63) is 29.3 Å². The number of benzene rings is 1. The maximum absolute atomic E-state index is 12.3. The monoisotopic (exact) mass is 324 g/mol. The van der Waals surface area contributed by atoms with Crippen molar-refractivity contribution in [2.24, 2.45) is 0 Å². The molecule has 0 bridgehead atoms. The first-order valence-electron chi connectivity index (χ1n) is 4.97. The number of rotatable bonds is 3. The maximum atomic E-state index is 12.3. The van der Waals surface area contributed by atoms with Gasteiger partial charge in [-0.25, -0.2) is 8.42 Å². The molecule has 0 radical (unpaired) electrons. The average molecular weight is 324 g/mol. The smallest absolute Gasteiger partial charge is 0.399 e. The number of nitrogens with two attached hydrogens (primary N) is 1. The molecule has 0 saturated heterocycles. The Hall–Kier alpha value is -1.88. The van der Waals surface area contributed by atoms with E-state index in [1.54, 1.807) is 0 Å². The Bertz CT molecular complexity index is 710. The maximum Gasteiger partial charge on any atom is 0.445 e. The highest BCUT2D eigenvalue weighted by Crippen LogP contribution is 2.33. The lowest BCUT2D eigenvalue weighted by Crippen LogP contribution is -2.12. The van der Waals surface area contributed by atoms with Crippen molar-refractivity contribution in [1.82, 2.24) is 10.2 Å². The highest BCUT2D eigenvalue weighted by Gasteiger charge is 2.36. The van der Waals surface area contributed by atoms with Gasteiger partial charge < -0.3 is 5.73 Å². The number of aromatic nitrogens is 2. The number of halogens is 3. The summed E-state index contributed by atoms with van der Waals surface area (Å²) in [5.74, 6) is 0. The van der Waals surface area contributed by atoms with E-state index in [-0.39, 0.29) is 16.2 Å². The van der Waals surface area contributed by atoms with Crippen molar-refractivity contribution < 1.29 is 21.6 Å². The fourth-order valence-electron chi connectivity index (χ4n) is 1.20. The van der Waals surface area contributed by atoms with Crippen LogP contribution < -0.4 is 10.5 Å².